The van der Waals surface area contributed by atoms with Crippen LogP contribution in [0.25, 0.3) is 0 Å². The van der Waals surface area contributed by atoms with Crippen LogP contribution < -0.4 is 4.72 Å². The van der Waals surface area contributed by atoms with Gasteiger partial charge in [-0.05, 0) is 19.9 Å². The van der Waals surface area contributed by atoms with Crippen LogP contribution in [0.3, 0.4) is 0 Å². The highest BCUT2D eigenvalue weighted by Gasteiger charge is 2.35. The summed E-state index contributed by atoms with van der Waals surface area (Å²) in [6, 6.07) is 1.35. The van der Waals surface area contributed by atoms with E-state index in [-0.39, 0.29) is 9.92 Å². The highest BCUT2D eigenvalue weighted by molar-refractivity contribution is 7.89. The Labute approximate surface area is 110 Å². The van der Waals surface area contributed by atoms with Crippen molar-refractivity contribution in [2.75, 3.05) is 7.11 Å². The molecule has 1 heterocycles. The number of carbonyl (C=O) groups excluding carboxylic acids is 1. The number of pyridine rings is 1. The minimum absolute atomic E-state index is 0.0261. The summed E-state index contributed by atoms with van der Waals surface area (Å²) in [5.41, 5.74) is -1.40. The van der Waals surface area contributed by atoms with Crippen molar-refractivity contribution in [3.8, 4) is 0 Å². The Morgan fingerprint density at radius 2 is 2.11 bits per heavy atom. The summed E-state index contributed by atoms with van der Waals surface area (Å²) in [5, 5.41) is 0.0261. The average Bonchev–Trinajstić information content (AvgIpc) is 2.26. The van der Waals surface area contributed by atoms with E-state index in [1.165, 1.54) is 33.2 Å². The molecule has 0 aliphatic heterocycles. The van der Waals surface area contributed by atoms with Gasteiger partial charge in [0, 0.05) is 12.4 Å². The standard InChI is InChI=1S/C10H13ClN2O4S/c1-10(2,9(14)17-3)13-18(15,16)8-6-12-5-4-7(8)11/h4-6,13H,1-3H3. The summed E-state index contributed by atoms with van der Waals surface area (Å²) in [5.74, 6) is -0.703. The molecule has 0 unspecified atom stereocenters. The molecule has 0 fully saturated rings. The van der Waals surface area contributed by atoms with Gasteiger partial charge in [0.25, 0.3) is 0 Å². The Balaban J connectivity index is 3.11. The first-order chi connectivity index (χ1) is 8.20. The van der Waals surface area contributed by atoms with Crippen molar-refractivity contribution < 1.29 is 17.9 Å². The van der Waals surface area contributed by atoms with Crippen molar-refractivity contribution in [2.24, 2.45) is 0 Å². The molecule has 8 heteroatoms. The molecule has 1 rings (SSSR count). The highest BCUT2D eigenvalue weighted by Crippen LogP contribution is 2.21. The SMILES string of the molecule is COC(=O)C(C)(C)NS(=O)(=O)c1cnccc1Cl. The van der Waals surface area contributed by atoms with Crippen LogP contribution in [-0.4, -0.2) is 32.0 Å². The number of methoxy groups -OCH3 is 1. The van der Waals surface area contributed by atoms with E-state index in [4.69, 9.17) is 11.6 Å². The molecule has 6 nitrogen and oxygen atoms in total. The third-order valence-electron chi connectivity index (χ3n) is 2.11. The van der Waals surface area contributed by atoms with E-state index in [0.29, 0.717) is 0 Å². The fraction of sp³-hybridized carbons (Fsp3) is 0.400. The molecular formula is C10H13ClN2O4S. The molecule has 0 aliphatic carbocycles. The van der Waals surface area contributed by atoms with Gasteiger partial charge < -0.3 is 4.74 Å². The van der Waals surface area contributed by atoms with Crippen LogP contribution in [0.2, 0.25) is 5.02 Å². The summed E-state index contributed by atoms with van der Waals surface area (Å²) < 4.78 is 30.8. The average molecular weight is 293 g/mol. The monoisotopic (exact) mass is 292 g/mol. The second-order valence-corrected chi connectivity index (χ2v) is 6.09. The van der Waals surface area contributed by atoms with Crippen molar-refractivity contribution in [1.82, 2.24) is 9.71 Å². The predicted octanol–water partition coefficient (Wildman–Crippen LogP) is 0.965. The number of hydrogen-bond acceptors (Lipinski definition) is 5. The minimum Gasteiger partial charge on any atom is -0.468 e. The predicted molar refractivity (Wildman–Crippen MR) is 65.7 cm³/mol. The van der Waals surface area contributed by atoms with Gasteiger partial charge >= 0.3 is 5.97 Å². The second-order valence-electron chi connectivity index (χ2n) is 4.03. The summed E-state index contributed by atoms with van der Waals surface area (Å²) in [4.78, 5) is 14.9. The number of halogens is 1. The molecule has 0 aromatic carbocycles. The van der Waals surface area contributed by atoms with Crippen molar-refractivity contribution in [3.63, 3.8) is 0 Å². The number of ether oxygens (including phenoxy) is 1. The molecule has 1 aromatic heterocycles. The van der Waals surface area contributed by atoms with Crippen LogP contribution in [0.15, 0.2) is 23.4 Å². The summed E-state index contributed by atoms with van der Waals surface area (Å²) in [6.45, 7) is 2.78. The lowest BCUT2D eigenvalue weighted by Crippen LogP contribution is -2.50. The number of esters is 1. The maximum absolute atomic E-state index is 12.0. The molecule has 0 atom stereocenters. The fourth-order valence-corrected chi connectivity index (χ4v) is 3.05. The molecule has 1 N–H and O–H groups in total. The molecule has 0 amide bonds. The van der Waals surface area contributed by atoms with Crippen LogP contribution in [0, 0.1) is 0 Å². The third kappa shape index (κ3) is 3.18. The van der Waals surface area contributed by atoms with Gasteiger partial charge in [-0.15, -0.1) is 0 Å². The normalized spacial score (nSPS) is 12.2. The number of aromatic nitrogens is 1. The van der Waals surface area contributed by atoms with Crippen LogP contribution in [-0.2, 0) is 19.6 Å². The lowest BCUT2D eigenvalue weighted by atomic mass is 10.1. The number of sulfonamides is 1. The first-order valence-electron chi connectivity index (χ1n) is 4.92. The first-order valence-corrected chi connectivity index (χ1v) is 6.79. The van der Waals surface area contributed by atoms with Crippen molar-refractivity contribution >= 4 is 27.6 Å². The molecule has 1 aromatic rings. The van der Waals surface area contributed by atoms with E-state index < -0.39 is 21.5 Å². The fourth-order valence-electron chi connectivity index (χ4n) is 1.25. The lowest BCUT2D eigenvalue weighted by Gasteiger charge is -2.22. The van der Waals surface area contributed by atoms with E-state index in [0.717, 1.165) is 6.20 Å². The number of rotatable bonds is 4. The molecule has 0 spiro atoms. The topological polar surface area (TPSA) is 85.4 Å². The zero-order valence-electron chi connectivity index (χ0n) is 10.1. The zero-order chi connectivity index (χ0) is 14.0. The maximum atomic E-state index is 12.0. The van der Waals surface area contributed by atoms with Crippen molar-refractivity contribution in [2.45, 2.75) is 24.3 Å². The van der Waals surface area contributed by atoms with Gasteiger partial charge in [0.05, 0.1) is 12.1 Å². The largest absolute Gasteiger partial charge is 0.468 e. The van der Waals surface area contributed by atoms with Gasteiger partial charge in [-0.3, -0.25) is 9.78 Å². The van der Waals surface area contributed by atoms with E-state index in [1.807, 2.05) is 0 Å². The van der Waals surface area contributed by atoms with Gasteiger partial charge in [0.15, 0.2) is 0 Å². The third-order valence-corrected chi connectivity index (χ3v) is 4.23. The van der Waals surface area contributed by atoms with Crippen LogP contribution in [0.5, 0.6) is 0 Å². The number of nitrogens with zero attached hydrogens (tertiary/aromatic N) is 1. The van der Waals surface area contributed by atoms with Gasteiger partial charge in [-0.1, -0.05) is 11.6 Å². The van der Waals surface area contributed by atoms with E-state index >= 15 is 0 Å². The van der Waals surface area contributed by atoms with Crippen LogP contribution >= 0.6 is 11.6 Å². The van der Waals surface area contributed by atoms with E-state index in [2.05, 4.69) is 14.4 Å². The molecule has 0 aliphatic rings. The minimum atomic E-state index is -3.95. The zero-order valence-corrected chi connectivity index (χ0v) is 11.7. The Kier molecular flexibility index (Phi) is 4.31. The Morgan fingerprint density at radius 3 is 2.61 bits per heavy atom. The van der Waals surface area contributed by atoms with Gasteiger partial charge in [-0.25, -0.2) is 8.42 Å². The van der Waals surface area contributed by atoms with Gasteiger partial charge in [-0.2, -0.15) is 4.72 Å². The van der Waals surface area contributed by atoms with Crippen molar-refractivity contribution in [1.29, 1.82) is 0 Å². The van der Waals surface area contributed by atoms with Crippen LogP contribution in [0.1, 0.15) is 13.8 Å². The summed E-state index contributed by atoms with van der Waals surface area (Å²) in [7, 11) is -2.77. The molecule has 0 saturated heterocycles. The molecule has 0 saturated carbocycles. The Hall–Kier alpha value is -1.18. The van der Waals surface area contributed by atoms with E-state index in [1.54, 1.807) is 0 Å². The molecule has 100 valence electrons. The number of nitrogens with one attached hydrogen (secondary N) is 1. The van der Waals surface area contributed by atoms with Gasteiger partial charge in [0.1, 0.15) is 10.4 Å². The first kappa shape index (κ1) is 14.9. The highest BCUT2D eigenvalue weighted by atomic mass is 35.5. The van der Waals surface area contributed by atoms with Crippen LogP contribution in [0.4, 0.5) is 0 Å². The maximum Gasteiger partial charge on any atom is 0.326 e. The van der Waals surface area contributed by atoms with Gasteiger partial charge in [0.2, 0.25) is 10.0 Å². The van der Waals surface area contributed by atoms with E-state index in [9.17, 15) is 13.2 Å². The smallest absolute Gasteiger partial charge is 0.326 e. The quantitative estimate of drug-likeness (QED) is 0.836. The molecule has 0 bridgehead atoms. The second kappa shape index (κ2) is 5.21. The molecule has 18 heavy (non-hydrogen) atoms. The summed E-state index contributed by atoms with van der Waals surface area (Å²) in [6.07, 6.45) is 2.48. The molecular weight excluding hydrogens is 280 g/mol. The summed E-state index contributed by atoms with van der Waals surface area (Å²) >= 11 is 5.78. The Morgan fingerprint density at radius 1 is 1.50 bits per heavy atom. The lowest BCUT2D eigenvalue weighted by molar-refractivity contribution is -0.146. The number of hydrogen-bond donors (Lipinski definition) is 1. The number of carbonyl (C=O) groups is 1. The van der Waals surface area contributed by atoms with Crippen molar-refractivity contribution in [3.05, 3.63) is 23.5 Å². The Bertz CT molecular complexity index is 557. The molecule has 0 radical (unpaired) electrons.